The Hall–Kier alpha value is -3.87. The minimum absolute atomic E-state index is 0.169. The van der Waals surface area contributed by atoms with Crippen LogP contribution in [0.1, 0.15) is 17.7 Å². The molecule has 2 aromatic heterocycles. The molecule has 1 amide bonds. The zero-order valence-corrected chi connectivity index (χ0v) is 16.6. The number of benzene rings is 2. The van der Waals surface area contributed by atoms with Crippen LogP contribution in [0.2, 0.25) is 0 Å². The van der Waals surface area contributed by atoms with Gasteiger partial charge in [-0.1, -0.05) is 23.8 Å². The molecule has 0 fully saturated rings. The number of hydrogen-bond acceptors (Lipinski definition) is 6. The molecule has 4 aromatic rings. The maximum absolute atomic E-state index is 12.6. The number of hydrogen-bond donors (Lipinski definition) is 1. The molecule has 0 aliphatic carbocycles. The molecule has 0 bridgehead atoms. The Balaban J connectivity index is 1.50. The van der Waals surface area contributed by atoms with Gasteiger partial charge in [-0.2, -0.15) is 0 Å². The van der Waals surface area contributed by atoms with Crippen molar-refractivity contribution in [1.82, 2.24) is 5.16 Å². The summed E-state index contributed by atoms with van der Waals surface area (Å²) in [5.74, 6) is 1.24. The van der Waals surface area contributed by atoms with Crippen molar-refractivity contribution in [2.45, 2.75) is 19.8 Å². The molecule has 1 N–H and O–H groups in total. The van der Waals surface area contributed by atoms with Crippen molar-refractivity contribution in [2.24, 2.45) is 0 Å². The minimum atomic E-state index is -0.203. The van der Waals surface area contributed by atoms with Crippen LogP contribution in [-0.4, -0.2) is 18.2 Å². The van der Waals surface area contributed by atoms with Crippen molar-refractivity contribution in [2.75, 3.05) is 12.4 Å². The summed E-state index contributed by atoms with van der Waals surface area (Å²) in [4.78, 5) is 24.9. The average molecular weight is 404 g/mol. The zero-order chi connectivity index (χ0) is 21.1. The third-order valence-corrected chi connectivity index (χ3v) is 4.66. The number of methoxy groups -OCH3 is 1. The highest BCUT2D eigenvalue weighted by molar-refractivity contribution is 5.93. The third kappa shape index (κ3) is 4.25. The summed E-state index contributed by atoms with van der Waals surface area (Å²) in [6.07, 6.45) is 0.592. The van der Waals surface area contributed by atoms with Gasteiger partial charge in [0.2, 0.25) is 5.91 Å². The largest absolute Gasteiger partial charge is 0.479 e. The monoisotopic (exact) mass is 404 g/mol. The van der Waals surface area contributed by atoms with Gasteiger partial charge in [0, 0.05) is 36.2 Å². The molecule has 0 atom stereocenters. The Labute approximate surface area is 172 Å². The molecule has 0 spiro atoms. The first-order valence-electron chi connectivity index (χ1n) is 9.46. The second kappa shape index (κ2) is 8.24. The van der Waals surface area contributed by atoms with E-state index in [2.05, 4.69) is 10.5 Å². The van der Waals surface area contributed by atoms with E-state index in [0.717, 1.165) is 11.1 Å². The lowest BCUT2D eigenvalue weighted by atomic mass is 10.1. The van der Waals surface area contributed by atoms with E-state index in [9.17, 15) is 9.59 Å². The normalized spacial score (nSPS) is 10.9. The molecule has 7 heteroatoms. The minimum Gasteiger partial charge on any atom is -0.479 e. The van der Waals surface area contributed by atoms with E-state index in [4.69, 9.17) is 13.7 Å². The lowest BCUT2D eigenvalue weighted by Crippen LogP contribution is -2.12. The van der Waals surface area contributed by atoms with Crippen LogP contribution in [0.4, 0.5) is 5.69 Å². The van der Waals surface area contributed by atoms with Crippen molar-refractivity contribution in [3.05, 3.63) is 76.1 Å². The van der Waals surface area contributed by atoms with Crippen molar-refractivity contribution in [1.29, 1.82) is 0 Å². The fourth-order valence-electron chi connectivity index (χ4n) is 3.14. The summed E-state index contributed by atoms with van der Waals surface area (Å²) >= 11 is 0. The number of anilines is 1. The lowest BCUT2D eigenvalue weighted by Gasteiger charge is -2.07. The van der Waals surface area contributed by atoms with E-state index in [-0.39, 0.29) is 17.8 Å². The maximum Gasteiger partial charge on any atom is 0.254 e. The Morgan fingerprint density at radius 1 is 1.13 bits per heavy atom. The first kappa shape index (κ1) is 19.4. The van der Waals surface area contributed by atoms with Gasteiger partial charge in [-0.25, -0.2) is 0 Å². The molecule has 30 heavy (non-hydrogen) atoms. The first-order chi connectivity index (χ1) is 14.5. The van der Waals surface area contributed by atoms with E-state index in [1.807, 2.05) is 31.2 Å². The standard InChI is InChI=1S/C23H20N2O5/c1-14-4-3-5-15(10-14)21-13-19(26)18-11-16(6-8-20(18)29-21)24-22(27)9-7-17-12-23(28-2)25-30-17/h3-6,8,10-13H,7,9H2,1-2H3,(H,24,27). The van der Waals surface area contributed by atoms with E-state index in [1.54, 1.807) is 24.3 Å². The fraction of sp³-hybridized carbons (Fsp3) is 0.174. The molecule has 152 valence electrons. The van der Waals surface area contributed by atoms with Gasteiger partial charge in [0.15, 0.2) is 5.43 Å². The highest BCUT2D eigenvalue weighted by Crippen LogP contribution is 2.24. The molecular formula is C23H20N2O5. The van der Waals surface area contributed by atoms with Gasteiger partial charge in [-0.3, -0.25) is 9.59 Å². The molecule has 0 aliphatic rings. The summed E-state index contributed by atoms with van der Waals surface area (Å²) < 4.78 is 15.9. The summed E-state index contributed by atoms with van der Waals surface area (Å²) in [6, 6.07) is 15.9. The number of aromatic nitrogens is 1. The highest BCUT2D eigenvalue weighted by Gasteiger charge is 2.11. The zero-order valence-electron chi connectivity index (χ0n) is 16.6. The smallest absolute Gasteiger partial charge is 0.254 e. The highest BCUT2D eigenvalue weighted by atomic mass is 16.5. The number of aryl methyl sites for hydroxylation is 2. The molecule has 2 heterocycles. The number of ether oxygens (including phenoxy) is 1. The molecule has 0 unspecified atom stereocenters. The Morgan fingerprint density at radius 3 is 2.77 bits per heavy atom. The summed E-state index contributed by atoms with van der Waals surface area (Å²) in [5.41, 5.74) is 2.74. The van der Waals surface area contributed by atoms with Crippen LogP contribution in [0, 0.1) is 6.92 Å². The van der Waals surface area contributed by atoms with Crippen LogP contribution in [0.25, 0.3) is 22.3 Å². The van der Waals surface area contributed by atoms with Crippen molar-refractivity contribution in [3.8, 4) is 17.2 Å². The van der Waals surface area contributed by atoms with E-state index >= 15 is 0 Å². The molecule has 0 aliphatic heterocycles. The van der Waals surface area contributed by atoms with Gasteiger partial charge in [0.25, 0.3) is 5.88 Å². The van der Waals surface area contributed by atoms with Gasteiger partial charge < -0.3 is 19.0 Å². The second-order valence-corrected chi connectivity index (χ2v) is 6.94. The number of rotatable bonds is 6. The number of amides is 1. The summed E-state index contributed by atoms with van der Waals surface area (Å²) in [7, 11) is 1.49. The number of nitrogens with zero attached hydrogens (tertiary/aromatic N) is 1. The van der Waals surface area contributed by atoms with Crippen LogP contribution in [-0.2, 0) is 11.2 Å². The number of nitrogens with one attached hydrogen (secondary N) is 1. The Morgan fingerprint density at radius 2 is 2.00 bits per heavy atom. The molecule has 0 saturated heterocycles. The first-order valence-corrected chi connectivity index (χ1v) is 9.46. The second-order valence-electron chi connectivity index (χ2n) is 6.94. The topological polar surface area (TPSA) is 94.6 Å². The van der Waals surface area contributed by atoms with Crippen LogP contribution >= 0.6 is 0 Å². The van der Waals surface area contributed by atoms with E-state index in [0.29, 0.717) is 40.5 Å². The summed E-state index contributed by atoms with van der Waals surface area (Å²) in [6.45, 7) is 1.98. The quantitative estimate of drug-likeness (QED) is 0.514. The van der Waals surface area contributed by atoms with Crippen LogP contribution < -0.4 is 15.5 Å². The van der Waals surface area contributed by atoms with E-state index < -0.39 is 0 Å². The molecule has 0 radical (unpaired) electrons. The molecule has 0 saturated carbocycles. The van der Waals surface area contributed by atoms with Gasteiger partial charge >= 0.3 is 0 Å². The van der Waals surface area contributed by atoms with Crippen LogP contribution in [0.15, 0.2) is 68.3 Å². The van der Waals surface area contributed by atoms with E-state index in [1.165, 1.54) is 13.2 Å². The molecular weight excluding hydrogens is 384 g/mol. The van der Waals surface area contributed by atoms with Crippen molar-refractivity contribution in [3.63, 3.8) is 0 Å². The Bertz CT molecular complexity index is 1270. The fourth-order valence-corrected chi connectivity index (χ4v) is 3.14. The number of fused-ring (bicyclic) bond motifs is 1. The van der Waals surface area contributed by atoms with Crippen molar-refractivity contribution >= 4 is 22.6 Å². The Kier molecular flexibility index (Phi) is 5.34. The van der Waals surface area contributed by atoms with Crippen molar-refractivity contribution < 1.29 is 18.5 Å². The molecule has 2 aromatic carbocycles. The van der Waals surface area contributed by atoms with Crippen LogP contribution in [0.3, 0.4) is 0 Å². The summed E-state index contributed by atoms with van der Waals surface area (Å²) in [5, 5.41) is 6.90. The van der Waals surface area contributed by atoms with Gasteiger partial charge in [-0.15, -0.1) is 0 Å². The third-order valence-electron chi connectivity index (χ3n) is 4.66. The predicted molar refractivity (Wildman–Crippen MR) is 113 cm³/mol. The lowest BCUT2D eigenvalue weighted by molar-refractivity contribution is -0.116. The van der Waals surface area contributed by atoms with Gasteiger partial charge in [-0.05, 0) is 36.3 Å². The van der Waals surface area contributed by atoms with Crippen LogP contribution in [0.5, 0.6) is 5.88 Å². The predicted octanol–water partition coefficient (Wildman–Crippen LogP) is 4.34. The molecule has 7 nitrogen and oxygen atoms in total. The number of carbonyl (C=O) groups is 1. The molecule has 4 rings (SSSR count). The van der Waals surface area contributed by atoms with Gasteiger partial charge in [0.05, 0.1) is 12.5 Å². The maximum atomic E-state index is 12.6. The average Bonchev–Trinajstić information content (AvgIpc) is 3.21. The number of carbonyl (C=O) groups excluding carboxylic acids is 1. The SMILES string of the molecule is COc1cc(CCC(=O)Nc2ccc3oc(-c4cccc(C)c4)cc(=O)c3c2)on1. The van der Waals surface area contributed by atoms with Gasteiger partial charge in [0.1, 0.15) is 17.1 Å².